The summed E-state index contributed by atoms with van der Waals surface area (Å²) >= 11 is 1.84. The molecule has 8 heteroatoms. The molecule has 0 N–H and O–H groups in total. The van der Waals surface area contributed by atoms with Crippen molar-refractivity contribution in [2.75, 3.05) is 0 Å². The van der Waals surface area contributed by atoms with Gasteiger partial charge in [-0.05, 0) is 62.2 Å². The van der Waals surface area contributed by atoms with Gasteiger partial charge in [0.15, 0.2) is 19.7 Å². The monoisotopic (exact) mass is 929 g/mol. The van der Waals surface area contributed by atoms with E-state index < -0.39 is 8.07 Å². The minimum absolute atomic E-state index is 0.523. The van der Waals surface area contributed by atoms with Crippen LogP contribution in [0.5, 0.6) is 0 Å². The van der Waals surface area contributed by atoms with Gasteiger partial charge in [0.25, 0.3) is 0 Å². The highest BCUT2D eigenvalue weighted by molar-refractivity contribution is 7.26. The molecule has 5 heterocycles. The molecule has 0 bridgehead atoms. The Bertz CT molecular complexity index is 4220. The number of benzene rings is 9. The Hall–Kier alpha value is -8.82. The summed E-state index contributed by atoms with van der Waals surface area (Å²) in [5, 5.41) is 11.7. The molecule has 0 fully saturated rings. The maximum Gasteiger partial charge on any atom is 0.238 e. The first kappa shape index (κ1) is 40.3. The van der Waals surface area contributed by atoms with Gasteiger partial charge in [-0.3, -0.25) is 9.55 Å². The van der Waals surface area contributed by atoms with Gasteiger partial charge in [0.1, 0.15) is 11.2 Å². The molecule has 0 aliphatic heterocycles. The topological polar surface area (TPSA) is 69.6 Å². The average Bonchev–Trinajstić information content (AvgIpc) is 4.12. The number of para-hydroxylation sites is 1. The van der Waals surface area contributed by atoms with Gasteiger partial charge in [-0.25, -0.2) is 4.98 Å². The summed E-state index contributed by atoms with van der Waals surface area (Å²) in [4.78, 5) is 21.0. The number of hydrogen-bond donors (Lipinski definition) is 0. The Morgan fingerprint density at radius 1 is 0.414 bits per heavy atom. The molecular formula is C62H39N5OSSi. The highest BCUT2D eigenvalue weighted by atomic mass is 32.1. The third kappa shape index (κ3) is 6.24. The van der Waals surface area contributed by atoms with Crippen LogP contribution >= 0.6 is 11.3 Å². The number of aromatic nitrogens is 5. The molecule has 70 heavy (non-hydrogen) atoms. The van der Waals surface area contributed by atoms with Crippen molar-refractivity contribution in [3.05, 3.63) is 237 Å². The van der Waals surface area contributed by atoms with Crippen LogP contribution < -0.4 is 20.7 Å². The Labute approximate surface area is 407 Å². The predicted octanol–water partition coefficient (Wildman–Crippen LogP) is 13.0. The van der Waals surface area contributed by atoms with E-state index in [1.807, 2.05) is 35.7 Å². The second-order valence-electron chi connectivity index (χ2n) is 17.7. The van der Waals surface area contributed by atoms with Gasteiger partial charge in [-0.1, -0.05) is 194 Å². The standard InChI is InChI=1S/C62H39N5OSSi/c1-4-18-42(19-5-1)70(43-20-6-2-7-21-43,44-22-8-3-9-23-44)45-24-14-17-41(37-45)60-64-61(51-29-16-31-56-58(51)52-39-63-36-35-55(52)68-56)66-62(65-60)67-53-30-12-10-25-47(53)48-34-33-40(38-54(48)67)46-27-15-28-50-49-26-11-13-32-57(49)69-59(46)50/h1-39H. The van der Waals surface area contributed by atoms with Gasteiger partial charge in [0, 0.05) is 65.2 Å². The smallest absolute Gasteiger partial charge is 0.238 e. The fourth-order valence-corrected chi connectivity index (χ4v) is 16.9. The Morgan fingerprint density at radius 2 is 1.04 bits per heavy atom. The molecule has 6 nitrogen and oxygen atoms in total. The zero-order valence-corrected chi connectivity index (χ0v) is 39.4. The number of nitrogens with zero attached hydrogens (tertiary/aromatic N) is 5. The molecule has 5 aromatic heterocycles. The van der Waals surface area contributed by atoms with Crippen LogP contribution in [0.2, 0.25) is 0 Å². The van der Waals surface area contributed by atoms with Crippen LogP contribution in [0.3, 0.4) is 0 Å². The van der Waals surface area contributed by atoms with E-state index in [-0.39, 0.29) is 0 Å². The Kier molecular flexibility index (Phi) is 9.30. The van der Waals surface area contributed by atoms with Crippen LogP contribution in [-0.2, 0) is 0 Å². The lowest BCUT2D eigenvalue weighted by Crippen LogP contribution is -2.74. The number of furan rings is 1. The van der Waals surface area contributed by atoms with E-state index in [1.54, 1.807) is 6.20 Å². The summed E-state index contributed by atoms with van der Waals surface area (Å²) in [6.45, 7) is 0. The fourth-order valence-electron chi connectivity index (χ4n) is 10.9. The second kappa shape index (κ2) is 16.2. The second-order valence-corrected chi connectivity index (χ2v) is 22.6. The van der Waals surface area contributed by atoms with E-state index in [0.717, 1.165) is 60.4 Å². The van der Waals surface area contributed by atoms with Crippen molar-refractivity contribution in [1.29, 1.82) is 0 Å². The van der Waals surface area contributed by atoms with Gasteiger partial charge in [0.05, 0.1) is 11.0 Å². The van der Waals surface area contributed by atoms with Crippen molar-refractivity contribution in [2.45, 2.75) is 0 Å². The molecule has 0 saturated carbocycles. The summed E-state index contributed by atoms with van der Waals surface area (Å²) in [5.41, 5.74) is 7.57. The zero-order valence-electron chi connectivity index (χ0n) is 37.6. The lowest BCUT2D eigenvalue weighted by atomic mass is 10.0. The zero-order chi connectivity index (χ0) is 46.2. The number of pyridine rings is 1. The summed E-state index contributed by atoms with van der Waals surface area (Å²) in [5.74, 6) is 1.63. The van der Waals surface area contributed by atoms with E-state index in [0.29, 0.717) is 17.6 Å². The summed E-state index contributed by atoms with van der Waals surface area (Å²) < 4.78 is 11.2. The molecule has 328 valence electrons. The molecule has 0 aliphatic carbocycles. The highest BCUT2D eigenvalue weighted by Crippen LogP contribution is 2.42. The lowest BCUT2D eigenvalue weighted by molar-refractivity contribution is 0.668. The number of hydrogen-bond acceptors (Lipinski definition) is 6. The molecule has 0 amide bonds. The van der Waals surface area contributed by atoms with E-state index in [9.17, 15) is 0 Å². The molecule has 0 atom stereocenters. The number of fused-ring (bicyclic) bond motifs is 9. The first-order chi connectivity index (χ1) is 34.7. The van der Waals surface area contributed by atoms with Crippen LogP contribution in [0, 0.1) is 0 Å². The summed E-state index contributed by atoms with van der Waals surface area (Å²) in [6, 6.07) is 80.7. The predicted molar refractivity (Wildman–Crippen MR) is 292 cm³/mol. The Balaban J connectivity index is 1.05. The third-order valence-corrected chi connectivity index (χ3v) is 19.9. The van der Waals surface area contributed by atoms with E-state index in [4.69, 9.17) is 19.4 Å². The van der Waals surface area contributed by atoms with Crippen molar-refractivity contribution in [3.8, 4) is 39.9 Å². The minimum Gasteiger partial charge on any atom is -0.456 e. The summed E-state index contributed by atoms with van der Waals surface area (Å²) in [6.07, 6.45) is 3.63. The quantitative estimate of drug-likeness (QED) is 0.112. The molecule has 9 aromatic carbocycles. The van der Waals surface area contributed by atoms with Crippen molar-refractivity contribution in [1.82, 2.24) is 24.5 Å². The first-order valence-corrected chi connectivity index (χ1v) is 26.3. The van der Waals surface area contributed by atoms with Crippen molar-refractivity contribution in [3.63, 3.8) is 0 Å². The van der Waals surface area contributed by atoms with Crippen molar-refractivity contribution < 1.29 is 4.42 Å². The molecule has 14 rings (SSSR count). The molecule has 0 saturated heterocycles. The number of thiophene rings is 1. The fraction of sp³-hybridized carbons (Fsp3) is 0. The van der Waals surface area contributed by atoms with Crippen LogP contribution in [0.25, 0.3) is 104 Å². The van der Waals surface area contributed by atoms with Crippen LogP contribution in [0.4, 0.5) is 0 Å². The first-order valence-electron chi connectivity index (χ1n) is 23.4. The SMILES string of the molecule is c1ccc([Si](c2ccccc2)(c2ccccc2)c2cccc(-c3nc(-c4cccc5oc6ccncc6c45)nc(-n4c5ccccc5c5ccc(-c6cccc7c6sc6ccccc67)cc54)n3)c2)cc1. The van der Waals surface area contributed by atoms with Gasteiger partial charge in [0.2, 0.25) is 5.95 Å². The van der Waals surface area contributed by atoms with Gasteiger partial charge >= 0.3 is 0 Å². The molecule has 0 radical (unpaired) electrons. The van der Waals surface area contributed by atoms with E-state index in [2.05, 4.69) is 216 Å². The molecule has 14 aromatic rings. The van der Waals surface area contributed by atoms with Gasteiger partial charge in [-0.2, -0.15) is 9.97 Å². The third-order valence-electron chi connectivity index (χ3n) is 13.9. The summed E-state index contributed by atoms with van der Waals surface area (Å²) in [7, 11) is -2.90. The largest absolute Gasteiger partial charge is 0.456 e. The van der Waals surface area contributed by atoms with Gasteiger partial charge in [-0.15, -0.1) is 11.3 Å². The number of rotatable bonds is 8. The Morgan fingerprint density at radius 3 is 1.83 bits per heavy atom. The molecular weight excluding hydrogens is 891 g/mol. The van der Waals surface area contributed by atoms with Crippen LogP contribution in [0.15, 0.2) is 241 Å². The molecule has 0 spiro atoms. The van der Waals surface area contributed by atoms with E-state index >= 15 is 0 Å². The molecule has 0 unspecified atom stereocenters. The highest BCUT2D eigenvalue weighted by Gasteiger charge is 2.41. The van der Waals surface area contributed by atoms with Gasteiger partial charge < -0.3 is 4.42 Å². The maximum absolute atomic E-state index is 6.42. The van der Waals surface area contributed by atoms with Crippen molar-refractivity contribution >= 4 is 104 Å². The normalized spacial score (nSPS) is 12.0. The molecule has 0 aliphatic rings. The van der Waals surface area contributed by atoms with Crippen molar-refractivity contribution in [2.24, 2.45) is 0 Å². The lowest BCUT2D eigenvalue weighted by Gasteiger charge is -2.34. The van der Waals surface area contributed by atoms with Crippen LogP contribution in [-0.4, -0.2) is 32.6 Å². The minimum atomic E-state index is -2.90. The van der Waals surface area contributed by atoms with E-state index in [1.165, 1.54) is 46.5 Å². The van der Waals surface area contributed by atoms with Crippen LogP contribution in [0.1, 0.15) is 0 Å². The average molecular weight is 930 g/mol. The maximum atomic E-state index is 6.42.